The van der Waals surface area contributed by atoms with Crippen LogP contribution in [0.4, 0.5) is 13.2 Å². The molecule has 2 rings (SSSR count). The van der Waals surface area contributed by atoms with E-state index in [2.05, 4.69) is 5.32 Å². The largest absolute Gasteiger partial charge is 0.416 e. The SMILES string of the molecule is CC[C@H](C(=O)NC1CCCC1)n1c(C)cc(C(F)(F)F)cc1=O. The van der Waals surface area contributed by atoms with E-state index in [1.54, 1.807) is 6.92 Å². The van der Waals surface area contributed by atoms with Gasteiger partial charge in [-0.3, -0.25) is 9.59 Å². The Kier molecular flexibility index (Phi) is 5.16. The van der Waals surface area contributed by atoms with Gasteiger partial charge in [-0.05, 0) is 32.3 Å². The number of nitrogens with one attached hydrogen (secondary N) is 1. The van der Waals surface area contributed by atoms with Crippen LogP contribution in [0.15, 0.2) is 16.9 Å². The van der Waals surface area contributed by atoms with E-state index in [9.17, 15) is 22.8 Å². The molecule has 0 unspecified atom stereocenters. The van der Waals surface area contributed by atoms with Gasteiger partial charge in [0.1, 0.15) is 6.04 Å². The third-order valence-electron chi connectivity index (χ3n) is 4.29. The van der Waals surface area contributed by atoms with Gasteiger partial charge in [0.2, 0.25) is 5.91 Å². The Balaban J connectivity index is 2.30. The first-order valence-electron chi connectivity index (χ1n) is 7.84. The predicted octanol–water partition coefficient (Wildman–Crippen LogP) is 3.19. The summed E-state index contributed by atoms with van der Waals surface area (Å²) in [5.41, 5.74) is -1.65. The number of carbonyl (C=O) groups excluding carboxylic acids is 1. The summed E-state index contributed by atoms with van der Waals surface area (Å²) >= 11 is 0. The van der Waals surface area contributed by atoms with Gasteiger partial charge in [-0.15, -0.1) is 0 Å². The Bertz CT molecular complexity index is 631. The fourth-order valence-corrected chi connectivity index (χ4v) is 3.13. The van der Waals surface area contributed by atoms with E-state index < -0.39 is 23.3 Å². The van der Waals surface area contributed by atoms with Gasteiger partial charge in [-0.2, -0.15) is 13.2 Å². The molecule has 1 amide bonds. The van der Waals surface area contributed by atoms with Crippen LogP contribution in [0.3, 0.4) is 0 Å². The molecule has 1 fully saturated rings. The molecule has 0 radical (unpaired) electrons. The van der Waals surface area contributed by atoms with E-state index in [1.165, 1.54) is 6.92 Å². The van der Waals surface area contributed by atoms with Gasteiger partial charge in [0.05, 0.1) is 5.56 Å². The summed E-state index contributed by atoms with van der Waals surface area (Å²) in [4.78, 5) is 24.6. The van der Waals surface area contributed by atoms with Crippen molar-refractivity contribution in [1.29, 1.82) is 0 Å². The monoisotopic (exact) mass is 330 g/mol. The highest BCUT2D eigenvalue weighted by molar-refractivity contribution is 5.80. The van der Waals surface area contributed by atoms with Crippen LogP contribution in [-0.2, 0) is 11.0 Å². The van der Waals surface area contributed by atoms with E-state index in [0.29, 0.717) is 12.5 Å². The summed E-state index contributed by atoms with van der Waals surface area (Å²) < 4.78 is 39.4. The summed E-state index contributed by atoms with van der Waals surface area (Å²) in [7, 11) is 0. The quantitative estimate of drug-likeness (QED) is 0.922. The summed E-state index contributed by atoms with van der Waals surface area (Å²) in [6.45, 7) is 3.16. The number of amides is 1. The Morgan fingerprint density at radius 3 is 2.43 bits per heavy atom. The van der Waals surface area contributed by atoms with Gasteiger partial charge in [0.15, 0.2) is 0 Å². The molecule has 128 valence electrons. The second-order valence-electron chi connectivity index (χ2n) is 6.01. The highest BCUT2D eigenvalue weighted by Crippen LogP contribution is 2.29. The van der Waals surface area contributed by atoms with Crippen molar-refractivity contribution >= 4 is 5.91 Å². The first kappa shape index (κ1) is 17.6. The molecule has 7 heteroatoms. The van der Waals surface area contributed by atoms with E-state index in [4.69, 9.17) is 0 Å². The van der Waals surface area contributed by atoms with Crippen molar-refractivity contribution in [2.45, 2.75) is 64.2 Å². The smallest absolute Gasteiger partial charge is 0.352 e. The van der Waals surface area contributed by atoms with Gasteiger partial charge >= 0.3 is 6.18 Å². The fraction of sp³-hybridized carbons (Fsp3) is 0.625. The molecule has 0 spiro atoms. The van der Waals surface area contributed by atoms with Gasteiger partial charge in [-0.1, -0.05) is 19.8 Å². The number of aromatic nitrogens is 1. The summed E-state index contributed by atoms with van der Waals surface area (Å²) in [6.07, 6.45) is -0.310. The molecule has 1 saturated carbocycles. The van der Waals surface area contributed by atoms with Crippen LogP contribution in [0.25, 0.3) is 0 Å². The molecular weight excluding hydrogens is 309 g/mol. The standard InChI is InChI=1S/C16H21F3N2O2/c1-3-13(15(23)20-12-6-4-5-7-12)21-10(2)8-11(9-14(21)22)16(17,18)19/h8-9,12-13H,3-7H2,1-2H3,(H,20,23)/t13-/m1/s1. The molecule has 1 N–H and O–H groups in total. The Hall–Kier alpha value is -1.79. The maximum absolute atomic E-state index is 12.8. The van der Waals surface area contributed by atoms with Crippen molar-refractivity contribution in [3.05, 3.63) is 33.7 Å². The van der Waals surface area contributed by atoms with Crippen molar-refractivity contribution in [2.75, 3.05) is 0 Å². The number of pyridine rings is 1. The molecule has 0 bridgehead atoms. The molecule has 1 aromatic heterocycles. The third-order valence-corrected chi connectivity index (χ3v) is 4.29. The normalized spacial score (nSPS) is 17.3. The second-order valence-corrected chi connectivity index (χ2v) is 6.01. The fourth-order valence-electron chi connectivity index (χ4n) is 3.13. The van der Waals surface area contributed by atoms with Crippen LogP contribution in [0.1, 0.15) is 56.3 Å². The lowest BCUT2D eigenvalue weighted by molar-refractivity contribution is -0.137. The average Bonchev–Trinajstić information content (AvgIpc) is 2.94. The van der Waals surface area contributed by atoms with Crippen LogP contribution in [0, 0.1) is 6.92 Å². The van der Waals surface area contributed by atoms with Gasteiger partial charge in [-0.25, -0.2) is 0 Å². The first-order chi connectivity index (χ1) is 10.7. The molecule has 4 nitrogen and oxygen atoms in total. The molecule has 0 aromatic carbocycles. The summed E-state index contributed by atoms with van der Waals surface area (Å²) in [5, 5.41) is 2.91. The van der Waals surface area contributed by atoms with Crippen molar-refractivity contribution in [1.82, 2.24) is 9.88 Å². The zero-order chi connectivity index (χ0) is 17.2. The third kappa shape index (κ3) is 3.95. The lowest BCUT2D eigenvalue weighted by Crippen LogP contribution is -2.41. The number of carbonyl (C=O) groups is 1. The van der Waals surface area contributed by atoms with Crippen LogP contribution < -0.4 is 10.9 Å². The van der Waals surface area contributed by atoms with E-state index in [0.717, 1.165) is 36.3 Å². The number of hydrogen-bond donors (Lipinski definition) is 1. The number of alkyl halides is 3. The van der Waals surface area contributed by atoms with Crippen molar-refractivity contribution in [3.8, 4) is 0 Å². The van der Waals surface area contributed by atoms with Crippen molar-refractivity contribution < 1.29 is 18.0 Å². The van der Waals surface area contributed by atoms with Crippen LogP contribution in [0.5, 0.6) is 0 Å². The molecule has 1 aromatic rings. The number of aryl methyl sites for hydroxylation is 1. The average molecular weight is 330 g/mol. The van der Waals surface area contributed by atoms with Crippen molar-refractivity contribution in [3.63, 3.8) is 0 Å². The van der Waals surface area contributed by atoms with Gasteiger partial charge < -0.3 is 9.88 Å². The number of rotatable bonds is 4. The lowest BCUT2D eigenvalue weighted by Gasteiger charge is -2.23. The molecule has 1 heterocycles. The van der Waals surface area contributed by atoms with Gasteiger partial charge in [0.25, 0.3) is 5.56 Å². The minimum Gasteiger partial charge on any atom is -0.352 e. The zero-order valence-corrected chi connectivity index (χ0v) is 13.2. The minimum absolute atomic E-state index is 0.0991. The summed E-state index contributed by atoms with van der Waals surface area (Å²) in [5.74, 6) is -0.302. The van der Waals surface area contributed by atoms with Crippen LogP contribution in [0.2, 0.25) is 0 Å². The Labute approximate surface area is 132 Å². The molecule has 1 atom stereocenters. The maximum Gasteiger partial charge on any atom is 0.416 e. The van der Waals surface area contributed by atoms with E-state index in [-0.39, 0.29) is 17.6 Å². The van der Waals surface area contributed by atoms with Gasteiger partial charge in [0, 0.05) is 17.8 Å². The highest BCUT2D eigenvalue weighted by atomic mass is 19.4. The second kappa shape index (κ2) is 6.76. The van der Waals surface area contributed by atoms with E-state index in [1.807, 2.05) is 0 Å². The number of halogens is 3. The Morgan fingerprint density at radius 2 is 1.96 bits per heavy atom. The van der Waals surface area contributed by atoms with Crippen molar-refractivity contribution in [2.24, 2.45) is 0 Å². The zero-order valence-electron chi connectivity index (χ0n) is 13.2. The topological polar surface area (TPSA) is 51.1 Å². The first-order valence-corrected chi connectivity index (χ1v) is 7.84. The summed E-state index contributed by atoms with van der Waals surface area (Å²) in [6, 6.07) is 0.776. The van der Waals surface area contributed by atoms with Crippen LogP contribution >= 0.6 is 0 Å². The number of hydrogen-bond acceptors (Lipinski definition) is 2. The molecule has 0 aliphatic heterocycles. The van der Waals surface area contributed by atoms with Crippen LogP contribution in [-0.4, -0.2) is 16.5 Å². The lowest BCUT2D eigenvalue weighted by atomic mass is 10.1. The Morgan fingerprint density at radius 1 is 1.35 bits per heavy atom. The number of nitrogens with zero attached hydrogens (tertiary/aromatic N) is 1. The molecule has 1 aliphatic rings. The highest BCUT2D eigenvalue weighted by Gasteiger charge is 2.33. The minimum atomic E-state index is -4.57. The molecule has 23 heavy (non-hydrogen) atoms. The van der Waals surface area contributed by atoms with E-state index >= 15 is 0 Å². The molecule has 1 aliphatic carbocycles. The molecular formula is C16H21F3N2O2. The molecule has 0 saturated heterocycles. The predicted molar refractivity (Wildman–Crippen MR) is 80.2 cm³/mol. The maximum atomic E-state index is 12.8.